The molecule has 0 aliphatic rings. The monoisotopic (exact) mass is 197 g/mol. The van der Waals surface area contributed by atoms with Crippen molar-refractivity contribution in [3.05, 3.63) is 29.6 Å². The van der Waals surface area contributed by atoms with Crippen LogP contribution >= 0.6 is 12.4 Å². The highest BCUT2D eigenvalue weighted by molar-refractivity contribution is 5.85. The Labute approximate surface area is 74.0 Å². The van der Waals surface area contributed by atoms with Gasteiger partial charge < -0.3 is 5.32 Å². The van der Waals surface area contributed by atoms with Crippen LogP contribution < -0.4 is 5.32 Å². The second-order valence-electron chi connectivity index (χ2n) is 1.97. The average Bonchev–Trinajstić information content (AvgIpc) is 2.01. The zero-order valence-electron chi connectivity index (χ0n) is 6.20. The van der Waals surface area contributed by atoms with E-state index < -0.39 is 17.5 Å². The summed E-state index contributed by atoms with van der Waals surface area (Å²) in [6.07, 6.45) is 0. The van der Waals surface area contributed by atoms with Crippen molar-refractivity contribution in [1.82, 2.24) is 0 Å². The summed E-state index contributed by atoms with van der Waals surface area (Å²) in [5.74, 6) is -3.81. The fourth-order valence-corrected chi connectivity index (χ4v) is 0.719. The van der Waals surface area contributed by atoms with Crippen LogP contribution in [0.1, 0.15) is 0 Å². The number of nitrogens with one attached hydrogen (secondary N) is 1. The molecule has 0 aliphatic heterocycles. The maximum absolute atomic E-state index is 12.6. The van der Waals surface area contributed by atoms with Gasteiger partial charge in [0, 0.05) is 7.05 Å². The standard InChI is InChI=1S/C7H6F3N.ClH/c1-11-5-3-2-4(8)6(9)7(5)10;/h2-3,11H,1H3;1H. The number of hydrogen-bond donors (Lipinski definition) is 1. The molecule has 0 unspecified atom stereocenters. The largest absolute Gasteiger partial charge is 0.386 e. The van der Waals surface area contributed by atoms with E-state index in [0.717, 1.165) is 12.1 Å². The summed E-state index contributed by atoms with van der Waals surface area (Å²) in [5, 5.41) is 2.38. The maximum Gasteiger partial charge on any atom is 0.196 e. The fourth-order valence-electron chi connectivity index (χ4n) is 0.719. The predicted molar refractivity (Wildman–Crippen MR) is 43.1 cm³/mol. The molecule has 0 fully saturated rings. The molecule has 12 heavy (non-hydrogen) atoms. The van der Waals surface area contributed by atoms with E-state index in [2.05, 4.69) is 5.32 Å². The summed E-state index contributed by atoms with van der Waals surface area (Å²) in [6, 6.07) is 2.00. The van der Waals surface area contributed by atoms with Crippen molar-refractivity contribution in [3.63, 3.8) is 0 Å². The Hall–Kier alpha value is -0.900. The minimum absolute atomic E-state index is 0. The van der Waals surface area contributed by atoms with Crippen molar-refractivity contribution in [2.45, 2.75) is 0 Å². The van der Waals surface area contributed by atoms with Crippen LogP contribution in [0.2, 0.25) is 0 Å². The summed E-state index contributed by atoms with van der Waals surface area (Å²) in [5.41, 5.74) is -0.0519. The van der Waals surface area contributed by atoms with Crippen LogP contribution in [0.4, 0.5) is 18.9 Å². The van der Waals surface area contributed by atoms with Crippen molar-refractivity contribution in [2.75, 3.05) is 12.4 Å². The van der Waals surface area contributed by atoms with Gasteiger partial charge in [0.15, 0.2) is 17.5 Å². The van der Waals surface area contributed by atoms with Crippen molar-refractivity contribution in [3.8, 4) is 0 Å². The first kappa shape index (κ1) is 11.1. The van der Waals surface area contributed by atoms with Gasteiger partial charge in [-0.15, -0.1) is 12.4 Å². The van der Waals surface area contributed by atoms with Crippen molar-refractivity contribution in [2.24, 2.45) is 0 Å². The Morgan fingerprint density at radius 1 is 1.08 bits per heavy atom. The van der Waals surface area contributed by atoms with Gasteiger partial charge in [-0.2, -0.15) is 0 Å². The first-order valence-electron chi connectivity index (χ1n) is 2.98. The van der Waals surface area contributed by atoms with Crippen LogP contribution in [0.25, 0.3) is 0 Å². The average molecular weight is 198 g/mol. The zero-order chi connectivity index (χ0) is 8.43. The van der Waals surface area contributed by atoms with E-state index in [1.165, 1.54) is 7.05 Å². The lowest BCUT2D eigenvalue weighted by Crippen LogP contribution is -1.97. The molecule has 0 atom stereocenters. The molecule has 5 heteroatoms. The van der Waals surface area contributed by atoms with Gasteiger partial charge in [0.25, 0.3) is 0 Å². The lowest BCUT2D eigenvalue weighted by Gasteiger charge is -2.01. The molecule has 0 bridgehead atoms. The first-order valence-corrected chi connectivity index (χ1v) is 2.98. The molecule has 0 saturated carbocycles. The van der Waals surface area contributed by atoms with Gasteiger partial charge in [0.2, 0.25) is 0 Å². The molecule has 0 amide bonds. The van der Waals surface area contributed by atoms with Gasteiger partial charge in [-0.05, 0) is 12.1 Å². The van der Waals surface area contributed by atoms with Crippen LogP contribution in [-0.4, -0.2) is 7.05 Å². The third-order valence-corrected chi connectivity index (χ3v) is 1.30. The fraction of sp³-hybridized carbons (Fsp3) is 0.143. The molecular weight excluding hydrogens is 191 g/mol. The topological polar surface area (TPSA) is 12.0 Å². The highest BCUT2D eigenvalue weighted by Gasteiger charge is 2.11. The molecule has 1 nitrogen and oxygen atoms in total. The van der Waals surface area contributed by atoms with Crippen molar-refractivity contribution in [1.29, 1.82) is 0 Å². The Morgan fingerprint density at radius 2 is 1.67 bits per heavy atom. The van der Waals surface area contributed by atoms with E-state index in [-0.39, 0.29) is 18.1 Å². The first-order chi connectivity index (χ1) is 5.16. The van der Waals surface area contributed by atoms with E-state index >= 15 is 0 Å². The third-order valence-electron chi connectivity index (χ3n) is 1.30. The van der Waals surface area contributed by atoms with E-state index in [9.17, 15) is 13.2 Å². The zero-order valence-corrected chi connectivity index (χ0v) is 7.01. The molecule has 0 heterocycles. The summed E-state index contributed by atoms with van der Waals surface area (Å²) < 4.78 is 37.2. The third kappa shape index (κ3) is 1.82. The highest BCUT2D eigenvalue weighted by Crippen LogP contribution is 2.18. The summed E-state index contributed by atoms with van der Waals surface area (Å²) >= 11 is 0. The van der Waals surface area contributed by atoms with Gasteiger partial charge in [0.1, 0.15) is 0 Å². The van der Waals surface area contributed by atoms with Gasteiger partial charge >= 0.3 is 0 Å². The normalized spacial score (nSPS) is 9.00. The molecule has 0 saturated heterocycles. The molecule has 1 rings (SSSR count). The molecule has 1 aromatic carbocycles. The summed E-state index contributed by atoms with van der Waals surface area (Å²) in [4.78, 5) is 0. The Balaban J connectivity index is 0.00000121. The second kappa shape index (κ2) is 4.21. The van der Waals surface area contributed by atoms with Crippen LogP contribution in [-0.2, 0) is 0 Å². The number of hydrogen-bond acceptors (Lipinski definition) is 1. The SMILES string of the molecule is CNc1ccc(F)c(F)c1F.Cl. The lowest BCUT2D eigenvalue weighted by atomic mass is 10.3. The Bertz CT molecular complexity index is 278. The Kier molecular flexibility index (Phi) is 3.89. The lowest BCUT2D eigenvalue weighted by molar-refractivity contribution is 0.449. The van der Waals surface area contributed by atoms with Crippen LogP contribution in [0, 0.1) is 17.5 Å². The van der Waals surface area contributed by atoms with Crippen LogP contribution in [0.5, 0.6) is 0 Å². The quantitative estimate of drug-likeness (QED) is 0.683. The molecule has 0 radical (unpaired) electrons. The smallest absolute Gasteiger partial charge is 0.196 e. The molecule has 1 aromatic rings. The number of benzene rings is 1. The van der Waals surface area contributed by atoms with Gasteiger partial charge in [0.05, 0.1) is 5.69 Å². The number of anilines is 1. The van der Waals surface area contributed by atoms with E-state index in [0.29, 0.717) is 0 Å². The molecule has 0 aromatic heterocycles. The molecular formula is C7H7ClF3N. The van der Waals surface area contributed by atoms with Gasteiger partial charge in [-0.25, -0.2) is 13.2 Å². The number of halogens is 4. The predicted octanol–water partition coefficient (Wildman–Crippen LogP) is 2.57. The van der Waals surface area contributed by atoms with E-state index in [4.69, 9.17) is 0 Å². The minimum Gasteiger partial charge on any atom is -0.386 e. The summed E-state index contributed by atoms with van der Waals surface area (Å²) in [7, 11) is 1.43. The molecule has 1 N–H and O–H groups in total. The highest BCUT2D eigenvalue weighted by atomic mass is 35.5. The summed E-state index contributed by atoms with van der Waals surface area (Å²) in [6.45, 7) is 0. The Morgan fingerprint density at radius 3 is 2.17 bits per heavy atom. The van der Waals surface area contributed by atoms with E-state index in [1.807, 2.05) is 0 Å². The van der Waals surface area contributed by atoms with Crippen molar-refractivity contribution < 1.29 is 13.2 Å². The number of rotatable bonds is 1. The van der Waals surface area contributed by atoms with Gasteiger partial charge in [-0.3, -0.25) is 0 Å². The minimum atomic E-state index is -1.45. The molecule has 0 aliphatic carbocycles. The van der Waals surface area contributed by atoms with Crippen LogP contribution in [0.15, 0.2) is 12.1 Å². The van der Waals surface area contributed by atoms with Gasteiger partial charge in [-0.1, -0.05) is 0 Å². The molecule has 68 valence electrons. The van der Waals surface area contributed by atoms with Crippen LogP contribution in [0.3, 0.4) is 0 Å². The van der Waals surface area contributed by atoms with E-state index in [1.54, 1.807) is 0 Å². The second-order valence-corrected chi connectivity index (χ2v) is 1.97. The maximum atomic E-state index is 12.6. The molecule has 0 spiro atoms. The van der Waals surface area contributed by atoms with Crippen molar-refractivity contribution >= 4 is 18.1 Å².